The van der Waals surface area contributed by atoms with Crippen LogP contribution in [0.2, 0.25) is 0 Å². The quantitative estimate of drug-likeness (QED) is 0.704. The van der Waals surface area contributed by atoms with Gasteiger partial charge in [-0.1, -0.05) is 30.3 Å². The molecule has 0 spiro atoms. The lowest BCUT2D eigenvalue weighted by Crippen LogP contribution is -2.40. The molecule has 2 aromatic carbocycles. The SMILES string of the molecule is C[C@@H](NC(=O)N(C)[C@@H](C)c1c[nH]c(=O)c2cc(F)c(F)cc12)c1ccccc1. The Hall–Kier alpha value is -3.22. The van der Waals surface area contributed by atoms with Gasteiger partial charge in [0.1, 0.15) is 0 Å². The van der Waals surface area contributed by atoms with Crippen molar-refractivity contribution in [2.45, 2.75) is 25.9 Å². The molecule has 28 heavy (non-hydrogen) atoms. The number of H-pyrrole nitrogens is 1. The van der Waals surface area contributed by atoms with Crippen molar-refractivity contribution in [2.24, 2.45) is 0 Å². The molecule has 146 valence electrons. The van der Waals surface area contributed by atoms with Gasteiger partial charge >= 0.3 is 6.03 Å². The van der Waals surface area contributed by atoms with Crippen molar-refractivity contribution >= 4 is 16.8 Å². The number of carbonyl (C=O) groups is 1. The molecule has 5 nitrogen and oxygen atoms in total. The molecule has 2 atom stereocenters. The van der Waals surface area contributed by atoms with E-state index in [4.69, 9.17) is 0 Å². The summed E-state index contributed by atoms with van der Waals surface area (Å²) in [5, 5.41) is 3.21. The van der Waals surface area contributed by atoms with Gasteiger partial charge in [0.15, 0.2) is 11.6 Å². The summed E-state index contributed by atoms with van der Waals surface area (Å²) in [6.45, 7) is 3.63. The van der Waals surface area contributed by atoms with E-state index in [1.165, 1.54) is 11.1 Å². The average Bonchev–Trinajstić information content (AvgIpc) is 2.69. The van der Waals surface area contributed by atoms with Crippen LogP contribution in [0.4, 0.5) is 13.6 Å². The van der Waals surface area contributed by atoms with E-state index >= 15 is 0 Å². The molecule has 0 aliphatic rings. The highest BCUT2D eigenvalue weighted by molar-refractivity contribution is 5.86. The minimum atomic E-state index is -1.09. The fourth-order valence-electron chi connectivity index (χ4n) is 3.11. The van der Waals surface area contributed by atoms with Crippen molar-refractivity contribution in [2.75, 3.05) is 7.05 Å². The number of carbonyl (C=O) groups excluding carboxylic acids is 1. The highest BCUT2D eigenvalue weighted by atomic mass is 19.2. The van der Waals surface area contributed by atoms with Crippen LogP contribution in [0.15, 0.2) is 53.5 Å². The molecule has 0 saturated carbocycles. The molecule has 1 aromatic heterocycles. The van der Waals surface area contributed by atoms with Crippen LogP contribution in [-0.2, 0) is 0 Å². The Bertz CT molecular complexity index is 1070. The van der Waals surface area contributed by atoms with Gasteiger partial charge in [-0.3, -0.25) is 4.79 Å². The third-order valence-corrected chi connectivity index (χ3v) is 4.97. The lowest BCUT2D eigenvalue weighted by Gasteiger charge is -2.28. The van der Waals surface area contributed by atoms with Crippen LogP contribution >= 0.6 is 0 Å². The van der Waals surface area contributed by atoms with Gasteiger partial charge in [0.05, 0.1) is 17.5 Å². The molecule has 0 fully saturated rings. The predicted molar refractivity (Wildman–Crippen MR) is 104 cm³/mol. The van der Waals surface area contributed by atoms with E-state index in [-0.39, 0.29) is 22.8 Å². The summed E-state index contributed by atoms with van der Waals surface area (Å²) in [4.78, 5) is 28.6. The zero-order valence-corrected chi connectivity index (χ0v) is 15.8. The molecule has 0 aliphatic carbocycles. The number of nitrogens with one attached hydrogen (secondary N) is 2. The van der Waals surface area contributed by atoms with E-state index in [0.29, 0.717) is 5.56 Å². The molecule has 0 unspecified atom stereocenters. The van der Waals surface area contributed by atoms with Crippen LogP contribution in [-0.4, -0.2) is 23.0 Å². The van der Waals surface area contributed by atoms with E-state index in [0.717, 1.165) is 17.7 Å². The van der Waals surface area contributed by atoms with Crippen LogP contribution in [0, 0.1) is 11.6 Å². The number of aromatic amines is 1. The molecule has 0 saturated heterocycles. The van der Waals surface area contributed by atoms with E-state index in [1.807, 2.05) is 37.3 Å². The van der Waals surface area contributed by atoms with Gasteiger partial charge in [-0.05, 0) is 42.5 Å². The summed E-state index contributed by atoms with van der Waals surface area (Å²) < 4.78 is 27.3. The number of amides is 2. The van der Waals surface area contributed by atoms with Crippen molar-refractivity contribution < 1.29 is 13.6 Å². The van der Waals surface area contributed by atoms with Crippen LogP contribution in [0.25, 0.3) is 10.8 Å². The second-order valence-corrected chi connectivity index (χ2v) is 6.75. The molecular weight excluding hydrogens is 364 g/mol. The summed E-state index contributed by atoms with van der Waals surface area (Å²) in [5.74, 6) is -2.14. The number of fused-ring (bicyclic) bond motifs is 1. The average molecular weight is 385 g/mol. The fourth-order valence-corrected chi connectivity index (χ4v) is 3.11. The van der Waals surface area contributed by atoms with E-state index in [1.54, 1.807) is 14.0 Å². The summed E-state index contributed by atoms with van der Waals surface area (Å²) >= 11 is 0. The van der Waals surface area contributed by atoms with Crippen molar-refractivity contribution in [1.82, 2.24) is 15.2 Å². The fraction of sp³-hybridized carbons (Fsp3) is 0.238. The van der Waals surface area contributed by atoms with Gasteiger partial charge in [0.25, 0.3) is 5.56 Å². The van der Waals surface area contributed by atoms with Crippen LogP contribution in [0.1, 0.15) is 37.1 Å². The molecule has 0 radical (unpaired) electrons. The van der Waals surface area contributed by atoms with Crippen LogP contribution in [0.3, 0.4) is 0 Å². The van der Waals surface area contributed by atoms with Crippen molar-refractivity contribution in [3.05, 3.63) is 81.8 Å². The van der Waals surface area contributed by atoms with Gasteiger partial charge in [-0.15, -0.1) is 0 Å². The molecule has 0 bridgehead atoms. The number of benzene rings is 2. The number of hydrogen-bond acceptors (Lipinski definition) is 2. The number of nitrogens with zero attached hydrogens (tertiary/aromatic N) is 1. The maximum atomic E-state index is 13.8. The van der Waals surface area contributed by atoms with Crippen molar-refractivity contribution in [3.8, 4) is 0 Å². The second-order valence-electron chi connectivity index (χ2n) is 6.75. The first-order chi connectivity index (χ1) is 13.3. The van der Waals surface area contributed by atoms with E-state index < -0.39 is 23.2 Å². The number of halogens is 2. The van der Waals surface area contributed by atoms with Crippen molar-refractivity contribution in [1.29, 1.82) is 0 Å². The van der Waals surface area contributed by atoms with Crippen molar-refractivity contribution in [3.63, 3.8) is 0 Å². The lowest BCUT2D eigenvalue weighted by molar-refractivity contribution is 0.191. The zero-order chi connectivity index (χ0) is 20.4. The van der Waals surface area contributed by atoms with Crippen LogP contribution < -0.4 is 10.9 Å². The normalized spacial score (nSPS) is 13.2. The van der Waals surface area contributed by atoms with Gasteiger partial charge in [-0.25, -0.2) is 13.6 Å². The molecule has 7 heteroatoms. The Labute approximate surface area is 161 Å². The Balaban J connectivity index is 1.88. The first-order valence-corrected chi connectivity index (χ1v) is 8.88. The molecule has 3 aromatic rings. The topological polar surface area (TPSA) is 65.2 Å². The Morgan fingerprint density at radius 2 is 1.68 bits per heavy atom. The van der Waals surface area contributed by atoms with E-state index in [9.17, 15) is 18.4 Å². The Morgan fingerprint density at radius 3 is 2.32 bits per heavy atom. The Kier molecular flexibility index (Phi) is 5.44. The number of rotatable bonds is 4. The molecule has 3 rings (SSSR count). The Morgan fingerprint density at radius 1 is 1.07 bits per heavy atom. The van der Waals surface area contributed by atoms with Gasteiger partial charge < -0.3 is 15.2 Å². The molecule has 1 heterocycles. The zero-order valence-electron chi connectivity index (χ0n) is 15.8. The highest BCUT2D eigenvalue weighted by Gasteiger charge is 2.22. The van der Waals surface area contributed by atoms with Crippen LogP contribution in [0.5, 0.6) is 0 Å². The summed E-state index contributed by atoms with van der Waals surface area (Å²) in [6.07, 6.45) is 1.43. The third kappa shape index (κ3) is 3.74. The number of urea groups is 1. The molecule has 2 N–H and O–H groups in total. The minimum absolute atomic E-state index is 0.0368. The maximum Gasteiger partial charge on any atom is 0.318 e. The summed E-state index contributed by atoms with van der Waals surface area (Å²) in [7, 11) is 1.61. The predicted octanol–water partition coefficient (Wildman–Crippen LogP) is 4.27. The van der Waals surface area contributed by atoms with Gasteiger partial charge in [0.2, 0.25) is 0 Å². The molecule has 2 amide bonds. The largest absolute Gasteiger partial charge is 0.331 e. The highest BCUT2D eigenvalue weighted by Crippen LogP contribution is 2.27. The lowest BCUT2D eigenvalue weighted by atomic mass is 10.0. The molecule has 0 aliphatic heterocycles. The smallest absolute Gasteiger partial charge is 0.318 e. The van der Waals surface area contributed by atoms with E-state index in [2.05, 4.69) is 10.3 Å². The second kappa shape index (κ2) is 7.80. The van der Waals surface area contributed by atoms with Gasteiger partial charge in [-0.2, -0.15) is 0 Å². The maximum absolute atomic E-state index is 13.8. The monoisotopic (exact) mass is 385 g/mol. The van der Waals surface area contributed by atoms with Gasteiger partial charge in [0, 0.05) is 13.2 Å². The molecular formula is C21H21F2N3O2. The summed E-state index contributed by atoms with van der Waals surface area (Å²) in [5.41, 5.74) is 0.956. The first kappa shape index (κ1) is 19.5. The number of hydrogen-bond donors (Lipinski definition) is 2. The number of aromatic nitrogens is 1. The summed E-state index contributed by atoms with van der Waals surface area (Å²) in [6, 6.07) is 10.4. The third-order valence-electron chi connectivity index (χ3n) is 4.97. The first-order valence-electron chi connectivity index (χ1n) is 8.88. The minimum Gasteiger partial charge on any atom is -0.331 e. The number of pyridine rings is 1. The standard InChI is InChI=1S/C21H21F2N3O2/c1-12(14-7-5-4-6-8-14)25-21(28)26(3)13(2)17-11-24-20(27)16-10-19(23)18(22)9-15(16)17/h4-13H,1-3H3,(H,24,27)(H,25,28)/t12-,13+/m1/s1.